The fraction of sp³-hybridized carbons (Fsp3) is 0.190. The third-order valence-electron chi connectivity index (χ3n) is 4.14. The highest BCUT2D eigenvalue weighted by atomic mass is 16.5. The lowest BCUT2D eigenvalue weighted by Crippen LogP contribution is -2.07. The summed E-state index contributed by atoms with van der Waals surface area (Å²) in [6, 6.07) is 11.1. The number of rotatable bonds is 6. The van der Waals surface area contributed by atoms with E-state index in [2.05, 4.69) is 9.97 Å². The number of ketones is 1. The topological polar surface area (TPSA) is 70.5 Å². The van der Waals surface area contributed by atoms with Crippen LogP contribution >= 0.6 is 0 Å². The van der Waals surface area contributed by atoms with E-state index in [1.54, 1.807) is 18.3 Å². The number of hydrogen-bond donors (Lipinski definition) is 0. The van der Waals surface area contributed by atoms with Crippen molar-refractivity contribution in [2.24, 2.45) is 0 Å². The molecule has 0 fully saturated rings. The van der Waals surface area contributed by atoms with Crippen LogP contribution in [-0.2, 0) is 0 Å². The van der Waals surface area contributed by atoms with Crippen LogP contribution < -0.4 is 14.2 Å². The SMILES string of the molecule is COc1cc(C(=O)c2cncc(-c3ccc(C)cc3)n2)cc(OC)c1OC. The normalized spacial score (nSPS) is 10.4. The van der Waals surface area contributed by atoms with Crippen molar-refractivity contribution in [1.29, 1.82) is 0 Å². The predicted octanol–water partition coefficient (Wildman–Crippen LogP) is 3.71. The number of hydrogen-bond acceptors (Lipinski definition) is 6. The van der Waals surface area contributed by atoms with E-state index in [-0.39, 0.29) is 11.5 Å². The zero-order chi connectivity index (χ0) is 19.4. The minimum Gasteiger partial charge on any atom is -0.493 e. The third-order valence-corrected chi connectivity index (χ3v) is 4.14. The van der Waals surface area contributed by atoms with Crippen LogP contribution in [0.2, 0.25) is 0 Å². The average molecular weight is 364 g/mol. The van der Waals surface area contributed by atoms with Gasteiger partial charge >= 0.3 is 0 Å². The smallest absolute Gasteiger partial charge is 0.213 e. The molecule has 0 saturated heterocycles. The molecular weight excluding hydrogens is 344 g/mol. The zero-order valence-electron chi connectivity index (χ0n) is 15.6. The Kier molecular flexibility index (Phi) is 5.35. The zero-order valence-corrected chi connectivity index (χ0v) is 15.6. The van der Waals surface area contributed by atoms with Gasteiger partial charge in [0.25, 0.3) is 0 Å². The first-order valence-electron chi connectivity index (χ1n) is 8.31. The summed E-state index contributed by atoms with van der Waals surface area (Å²) in [4.78, 5) is 21.6. The highest BCUT2D eigenvalue weighted by molar-refractivity contribution is 6.08. The molecule has 138 valence electrons. The van der Waals surface area contributed by atoms with Gasteiger partial charge in [0.05, 0.1) is 39.4 Å². The van der Waals surface area contributed by atoms with Crippen LogP contribution in [0.15, 0.2) is 48.8 Å². The van der Waals surface area contributed by atoms with Crippen LogP contribution in [0.5, 0.6) is 17.2 Å². The minimum absolute atomic E-state index is 0.238. The molecule has 0 amide bonds. The molecule has 6 nitrogen and oxygen atoms in total. The van der Waals surface area contributed by atoms with Gasteiger partial charge in [0, 0.05) is 11.1 Å². The van der Waals surface area contributed by atoms with E-state index >= 15 is 0 Å². The summed E-state index contributed by atoms with van der Waals surface area (Å²) in [5, 5.41) is 0. The average Bonchev–Trinajstić information content (AvgIpc) is 2.72. The summed E-state index contributed by atoms with van der Waals surface area (Å²) in [5.74, 6) is 0.956. The van der Waals surface area contributed by atoms with E-state index < -0.39 is 0 Å². The molecule has 0 aliphatic heterocycles. The molecule has 1 heterocycles. The largest absolute Gasteiger partial charge is 0.493 e. The minimum atomic E-state index is -0.282. The van der Waals surface area contributed by atoms with Crippen LogP contribution in [-0.4, -0.2) is 37.1 Å². The molecule has 0 atom stereocenters. The number of carbonyl (C=O) groups is 1. The van der Waals surface area contributed by atoms with Crippen LogP contribution in [0.4, 0.5) is 0 Å². The maximum absolute atomic E-state index is 13.0. The second-order valence-corrected chi connectivity index (χ2v) is 5.90. The highest BCUT2D eigenvalue weighted by Gasteiger charge is 2.19. The number of benzene rings is 2. The molecular formula is C21H20N2O4. The first kappa shape index (κ1) is 18.4. The first-order valence-corrected chi connectivity index (χ1v) is 8.31. The summed E-state index contributed by atoms with van der Waals surface area (Å²) >= 11 is 0. The Balaban J connectivity index is 2.01. The van der Waals surface area contributed by atoms with Crippen LogP contribution in [0.3, 0.4) is 0 Å². The van der Waals surface area contributed by atoms with Gasteiger partial charge in [-0.05, 0) is 19.1 Å². The second-order valence-electron chi connectivity index (χ2n) is 5.90. The van der Waals surface area contributed by atoms with Crippen molar-refractivity contribution in [2.45, 2.75) is 6.92 Å². The lowest BCUT2D eigenvalue weighted by atomic mass is 10.1. The Morgan fingerprint density at radius 1 is 0.889 bits per heavy atom. The number of carbonyl (C=O) groups excluding carboxylic acids is 1. The fourth-order valence-corrected chi connectivity index (χ4v) is 2.70. The number of ether oxygens (including phenoxy) is 3. The Morgan fingerprint density at radius 3 is 2.07 bits per heavy atom. The summed E-state index contributed by atoms with van der Waals surface area (Å²) in [6.45, 7) is 2.01. The summed E-state index contributed by atoms with van der Waals surface area (Å²) in [6.07, 6.45) is 3.08. The van der Waals surface area contributed by atoms with Crippen LogP contribution in [0, 0.1) is 6.92 Å². The molecule has 0 saturated carbocycles. The van der Waals surface area contributed by atoms with Crippen LogP contribution in [0.1, 0.15) is 21.6 Å². The number of methoxy groups -OCH3 is 3. The van der Waals surface area contributed by atoms with Gasteiger partial charge < -0.3 is 14.2 Å². The van der Waals surface area contributed by atoms with Crippen molar-refractivity contribution >= 4 is 5.78 Å². The van der Waals surface area contributed by atoms with Crippen molar-refractivity contribution < 1.29 is 19.0 Å². The van der Waals surface area contributed by atoms with Crippen LogP contribution in [0.25, 0.3) is 11.3 Å². The van der Waals surface area contributed by atoms with Gasteiger partial charge in [-0.2, -0.15) is 0 Å². The molecule has 0 aliphatic rings. The molecule has 3 aromatic rings. The van der Waals surface area contributed by atoms with Crippen molar-refractivity contribution in [1.82, 2.24) is 9.97 Å². The van der Waals surface area contributed by atoms with Gasteiger partial charge in [0.2, 0.25) is 11.5 Å². The van der Waals surface area contributed by atoms with Crippen molar-refractivity contribution in [3.05, 3.63) is 65.6 Å². The lowest BCUT2D eigenvalue weighted by molar-refractivity contribution is 0.103. The highest BCUT2D eigenvalue weighted by Crippen LogP contribution is 2.38. The summed E-state index contributed by atoms with van der Waals surface area (Å²) < 4.78 is 15.9. The summed E-state index contributed by atoms with van der Waals surface area (Å²) in [5.41, 5.74) is 3.29. The number of aryl methyl sites for hydroxylation is 1. The van der Waals surface area contributed by atoms with E-state index in [9.17, 15) is 4.79 Å². The molecule has 0 radical (unpaired) electrons. The molecule has 0 unspecified atom stereocenters. The Labute approximate surface area is 157 Å². The molecule has 1 aromatic heterocycles. The second kappa shape index (κ2) is 7.86. The maximum Gasteiger partial charge on any atom is 0.213 e. The quantitative estimate of drug-likeness (QED) is 0.621. The Morgan fingerprint density at radius 2 is 1.52 bits per heavy atom. The van der Waals surface area contributed by atoms with E-state index in [0.29, 0.717) is 28.5 Å². The molecule has 6 heteroatoms. The number of nitrogens with zero attached hydrogens (tertiary/aromatic N) is 2. The monoisotopic (exact) mass is 364 g/mol. The fourth-order valence-electron chi connectivity index (χ4n) is 2.70. The van der Waals surface area contributed by atoms with Gasteiger partial charge in [-0.1, -0.05) is 29.8 Å². The first-order chi connectivity index (χ1) is 13.1. The molecule has 27 heavy (non-hydrogen) atoms. The Hall–Kier alpha value is -3.41. The molecule has 0 N–H and O–H groups in total. The van der Waals surface area contributed by atoms with Gasteiger partial charge in [-0.25, -0.2) is 4.98 Å². The van der Waals surface area contributed by atoms with Gasteiger partial charge in [0.1, 0.15) is 5.69 Å². The van der Waals surface area contributed by atoms with Gasteiger partial charge in [-0.3, -0.25) is 9.78 Å². The van der Waals surface area contributed by atoms with E-state index in [1.165, 1.54) is 27.5 Å². The van der Waals surface area contributed by atoms with E-state index in [4.69, 9.17) is 14.2 Å². The summed E-state index contributed by atoms with van der Waals surface area (Å²) in [7, 11) is 4.52. The predicted molar refractivity (Wildman–Crippen MR) is 102 cm³/mol. The Bertz CT molecular complexity index is 943. The van der Waals surface area contributed by atoms with Crippen molar-refractivity contribution in [3.8, 4) is 28.5 Å². The molecule has 0 bridgehead atoms. The molecule has 0 aliphatic carbocycles. The van der Waals surface area contributed by atoms with Crippen molar-refractivity contribution in [2.75, 3.05) is 21.3 Å². The van der Waals surface area contributed by atoms with Gasteiger partial charge in [-0.15, -0.1) is 0 Å². The number of aromatic nitrogens is 2. The van der Waals surface area contributed by atoms with Gasteiger partial charge in [0.15, 0.2) is 11.5 Å². The molecule has 0 spiro atoms. The third kappa shape index (κ3) is 3.74. The molecule has 3 rings (SSSR count). The molecule has 2 aromatic carbocycles. The lowest BCUT2D eigenvalue weighted by Gasteiger charge is -2.13. The standard InChI is InChI=1S/C21H20N2O4/c1-13-5-7-14(8-6-13)16-11-22-12-17(23-16)20(24)15-9-18(25-2)21(27-4)19(10-15)26-3/h5-12H,1-4H3. The van der Waals surface area contributed by atoms with E-state index in [0.717, 1.165) is 11.1 Å². The maximum atomic E-state index is 13.0. The van der Waals surface area contributed by atoms with E-state index in [1.807, 2.05) is 31.2 Å². The van der Waals surface area contributed by atoms with Crippen molar-refractivity contribution in [3.63, 3.8) is 0 Å².